The molecule has 0 aromatic carbocycles. The van der Waals surface area contributed by atoms with E-state index in [1.165, 1.54) is 45.2 Å². The lowest BCUT2D eigenvalue weighted by Crippen LogP contribution is -2.56. The minimum Gasteiger partial charge on any atom is -0.381 e. The van der Waals surface area contributed by atoms with E-state index in [4.69, 9.17) is 4.74 Å². The van der Waals surface area contributed by atoms with Crippen LogP contribution in [0.25, 0.3) is 0 Å². The van der Waals surface area contributed by atoms with Crippen LogP contribution in [0.15, 0.2) is 0 Å². The molecule has 0 bridgehead atoms. The van der Waals surface area contributed by atoms with Crippen molar-refractivity contribution in [2.45, 2.75) is 64.1 Å². The van der Waals surface area contributed by atoms with E-state index >= 15 is 0 Å². The molecule has 0 radical (unpaired) electrons. The van der Waals surface area contributed by atoms with Crippen molar-refractivity contribution in [1.82, 2.24) is 10.2 Å². The third-order valence-corrected chi connectivity index (χ3v) is 5.01. The van der Waals surface area contributed by atoms with E-state index in [0.717, 1.165) is 6.04 Å². The number of hydrogen-bond donors (Lipinski definition) is 1. The molecule has 1 N–H and O–H groups in total. The molecule has 2 rings (SSSR count). The first-order valence-electron chi connectivity index (χ1n) is 7.50. The molecule has 106 valence electrons. The van der Waals surface area contributed by atoms with Gasteiger partial charge in [-0.1, -0.05) is 13.8 Å². The molecule has 0 spiro atoms. The molecule has 2 unspecified atom stereocenters. The van der Waals surface area contributed by atoms with Crippen LogP contribution in [0.5, 0.6) is 0 Å². The third kappa shape index (κ3) is 3.25. The van der Waals surface area contributed by atoms with Gasteiger partial charge in [-0.3, -0.25) is 4.90 Å². The number of hydrogen-bond acceptors (Lipinski definition) is 3. The molecular formula is C15H30N2O. The average molecular weight is 254 g/mol. The lowest BCUT2D eigenvalue weighted by Gasteiger charge is -2.47. The minimum absolute atomic E-state index is 0.492. The number of piperidine rings is 1. The minimum atomic E-state index is 0.492. The van der Waals surface area contributed by atoms with Crippen molar-refractivity contribution in [3.63, 3.8) is 0 Å². The number of likely N-dealkylation sites (tertiary alicyclic amines) is 1. The van der Waals surface area contributed by atoms with Gasteiger partial charge in [0.25, 0.3) is 0 Å². The van der Waals surface area contributed by atoms with Crippen molar-refractivity contribution in [2.24, 2.45) is 5.41 Å². The molecule has 2 aliphatic rings. The zero-order valence-corrected chi connectivity index (χ0v) is 12.5. The van der Waals surface area contributed by atoms with Crippen LogP contribution in [0, 0.1) is 5.41 Å². The van der Waals surface area contributed by atoms with E-state index in [1.807, 2.05) is 7.11 Å². The summed E-state index contributed by atoms with van der Waals surface area (Å²) >= 11 is 0. The zero-order valence-electron chi connectivity index (χ0n) is 12.5. The van der Waals surface area contributed by atoms with E-state index < -0.39 is 0 Å². The van der Waals surface area contributed by atoms with Gasteiger partial charge in [0.2, 0.25) is 0 Å². The fourth-order valence-corrected chi connectivity index (χ4v) is 3.71. The molecular weight excluding hydrogens is 224 g/mol. The summed E-state index contributed by atoms with van der Waals surface area (Å²) in [5.74, 6) is 0. The maximum Gasteiger partial charge on any atom is 0.0595 e. The summed E-state index contributed by atoms with van der Waals surface area (Å²) in [6, 6.07) is 1.40. The molecule has 2 atom stereocenters. The predicted molar refractivity (Wildman–Crippen MR) is 75.9 cm³/mol. The largest absolute Gasteiger partial charge is 0.381 e. The van der Waals surface area contributed by atoms with Crippen LogP contribution in [0.3, 0.4) is 0 Å². The van der Waals surface area contributed by atoms with E-state index in [9.17, 15) is 0 Å². The lowest BCUT2D eigenvalue weighted by atomic mass is 9.72. The molecule has 2 fully saturated rings. The summed E-state index contributed by atoms with van der Waals surface area (Å²) in [5.41, 5.74) is 0.510. The predicted octanol–water partition coefficient (Wildman–Crippen LogP) is 2.26. The van der Waals surface area contributed by atoms with Gasteiger partial charge in [-0.2, -0.15) is 0 Å². The van der Waals surface area contributed by atoms with Crippen molar-refractivity contribution in [2.75, 3.05) is 27.2 Å². The Morgan fingerprint density at radius 2 is 1.83 bits per heavy atom. The fraction of sp³-hybridized carbons (Fsp3) is 1.00. The highest BCUT2D eigenvalue weighted by Gasteiger charge is 2.38. The first-order valence-corrected chi connectivity index (χ1v) is 7.50. The van der Waals surface area contributed by atoms with Crippen LogP contribution >= 0.6 is 0 Å². The van der Waals surface area contributed by atoms with Crippen molar-refractivity contribution in [3.8, 4) is 0 Å². The Bertz CT molecular complexity index is 259. The molecule has 3 nitrogen and oxygen atoms in total. The molecule has 1 aliphatic carbocycles. The van der Waals surface area contributed by atoms with Crippen LogP contribution in [0.2, 0.25) is 0 Å². The standard InChI is InChI=1S/C15H30N2O/c1-15(2)8-5-13(16-3)14(11-15)17-9-6-12(18-4)7-10-17/h12-14,16H,5-11H2,1-4H3. The van der Waals surface area contributed by atoms with Crippen molar-refractivity contribution >= 4 is 0 Å². The number of ether oxygens (including phenoxy) is 1. The van der Waals surface area contributed by atoms with E-state index in [0.29, 0.717) is 17.6 Å². The Hall–Kier alpha value is -0.120. The van der Waals surface area contributed by atoms with Gasteiger partial charge in [0, 0.05) is 32.3 Å². The molecule has 0 aromatic heterocycles. The summed E-state index contributed by atoms with van der Waals surface area (Å²) in [6.07, 6.45) is 6.89. The van der Waals surface area contributed by atoms with Crippen molar-refractivity contribution < 1.29 is 4.74 Å². The first kappa shape index (κ1) is 14.3. The quantitative estimate of drug-likeness (QED) is 0.836. The van der Waals surface area contributed by atoms with Crippen LogP contribution < -0.4 is 5.32 Å². The van der Waals surface area contributed by atoms with Gasteiger partial charge in [-0.05, 0) is 44.6 Å². The van der Waals surface area contributed by atoms with Crippen LogP contribution in [0.4, 0.5) is 0 Å². The van der Waals surface area contributed by atoms with Gasteiger partial charge < -0.3 is 10.1 Å². The number of methoxy groups -OCH3 is 1. The van der Waals surface area contributed by atoms with Gasteiger partial charge in [-0.15, -0.1) is 0 Å². The van der Waals surface area contributed by atoms with Gasteiger partial charge in [0.1, 0.15) is 0 Å². The highest BCUT2D eigenvalue weighted by Crippen LogP contribution is 2.38. The van der Waals surface area contributed by atoms with Crippen LogP contribution in [-0.2, 0) is 4.74 Å². The van der Waals surface area contributed by atoms with E-state index in [1.54, 1.807) is 0 Å². The third-order valence-electron chi connectivity index (χ3n) is 5.01. The molecule has 3 heteroatoms. The Morgan fingerprint density at radius 3 is 2.39 bits per heavy atom. The summed E-state index contributed by atoms with van der Waals surface area (Å²) in [6.45, 7) is 7.26. The fourth-order valence-electron chi connectivity index (χ4n) is 3.71. The highest BCUT2D eigenvalue weighted by atomic mass is 16.5. The number of rotatable bonds is 3. The molecule has 1 heterocycles. The molecule has 1 aliphatic heterocycles. The summed E-state index contributed by atoms with van der Waals surface area (Å²) in [7, 11) is 3.97. The lowest BCUT2D eigenvalue weighted by molar-refractivity contribution is -0.000492. The monoisotopic (exact) mass is 254 g/mol. The van der Waals surface area contributed by atoms with Crippen LogP contribution in [-0.4, -0.2) is 50.3 Å². The maximum absolute atomic E-state index is 5.48. The Labute approximate surface area is 112 Å². The molecule has 1 saturated heterocycles. The SMILES string of the molecule is CNC1CCC(C)(C)CC1N1CCC(OC)CC1. The second-order valence-electron chi connectivity index (χ2n) is 6.84. The van der Waals surface area contributed by atoms with Gasteiger partial charge >= 0.3 is 0 Å². The number of likely N-dealkylation sites (N-methyl/N-ethyl adjacent to an activating group) is 1. The molecule has 1 saturated carbocycles. The summed E-state index contributed by atoms with van der Waals surface area (Å²) < 4.78 is 5.48. The van der Waals surface area contributed by atoms with Gasteiger partial charge in [0.15, 0.2) is 0 Å². The second kappa shape index (κ2) is 5.89. The Kier molecular flexibility index (Phi) is 4.68. The normalized spacial score (nSPS) is 34.7. The summed E-state index contributed by atoms with van der Waals surface area (Å²) in [5, 5.41) is 3.54. The average Bonchev–Trinajstić information content (AvgIpc) is 2.38. The highest BCUT2D eigenvalue weighted by molar-refractivity contribution is 4.95. The topological polar surface area (TPSA) is 24.5 Å². The van der Waals surface area contributed by atoms with Crippen molar-refractivity contribution in [1.29, 1.82) is 0 Å². The van der Waals surface area contributed by atoms with Crippen LogP contribution in [0.1, 0.15) is 46.0 Å². The molecule has 18 heavy (non-hydrogen) atoms. The second-order valence-corrected chi connectivity index (χ2v) is 6.84. The molecule has 0 amide bonds. The van der Waals surface area contributed by atoms with E-state index in [-0.39, 0.29) is 0 Å². The first-order chi connectivity index (χ1) is 8.55. The summed E-state index contributed by atoms with van der Waals surface area (Å²) in [4.78, 5) is 2.71. The van der Waals surface area contributed by atoms with Gasteiger partial charge in [0.05, 0.1) is 6.10 Å². The zero-order chi connectivity index (χ0) is 13.2. The maximum atomic E-state index is 5.48. The Morgan fingerprint density at radius 1 is 1.17 bits per heavy atom. The number of nitrogens with one attached hydrogen (secondary N) is 1. The smallest absolute Gasteiger partial charge is 0.0595 e. The van der Waals surface area contributed by atoms with E-state index in [2.05, 4.69) is 31.1 Å². The molecule has 0 aromatic rings. The van der Waals surface area contributed by atoms with Crippen molar-refractivity contribution in [3.05, 3.63) is 0 Å². The van der Waals surface area contributed by atoms with Gasteiger partial charge in [-0.25, -0.2) is 0 Å². The number of nitrogens with zero attached hydrogens (tertiary/aromatic N) is 1. The Balaban J connectivity index is 1.96.